The average molecular weight is 292 g/mol. The first-order valence-electron chi connectivity index (χ1n) is 4.68. The molecule has 5 heteroatoms. The number of halogens is 1. The second-order valence-electron chi connectivity index (χ2n) is 3.45. The van der Waals surface area contributed by atoms with Gasteiger partial charge in [-0.3, -0.25) is 0 Å². The molecule has 1 aromatic carbocycles. The van der Waals surface area contributed by atoms with Gasteiger partial charge in [0.05, 0.1) is 15.8 Å². The molecule has 0 bridgehead atoms. The summed E-state index contributed by atoms with van der Waals surface area (Å²) in [5.41, 5.74) is 5.99. The van der Waals surface area contributed by atoms with E-state index in [1.165, 1.54) is 0 Å². The van der Waals surface area contributed by atoms with Gasteiger partial charge in [0.15, 0.2) is 9.84 Å². The minimum Gasteiger partial charge on any atom is -0.398 e. The molecule has 0 heterocycles. The van der Waals surface area contributed by atoms with Crippen LogP contribution in [-0.2, 0) is 9.84 Å². The van der Waals surface area contributed by atoms with Gasteiger partial charge in [0.2, 0.25) is 0 Å². The summed E-state index contributed by atoms with van der Waals surface area (Å²) in [7, 11) is -3.28. The van der Waals surface area contributed by atoms with Crippen molar-refractivity contribution < 1.29 is 8.42 Å². The van der Waals surface area contributed by atoms with Gasteiger partial charge in [-0.25, -0.2) is 8.42 Å². The third kappa shape index (κ3) is 2.52. The van der Waals surface area contributed by atoms with E-state index in [9.17, 15) is 8.42 Å². The highest BCUT2D eigenvalue weighted by atomic mass is 79.9. The summed E-state index contributed by atoms with van der Waals surface area (Å²) in [6.45, 7) is 3.54. The Balaban J connectivity index is 3.28. The fourth-order valence-corrected chi connectivity index (χ4v) is 3.11. The summed E-state index contributed by atoms with van der Waals surface area (Å²) in [4.78, 5) is 0.222. The summed E-state index contributed by atoms with van der Waals surface area (Å²) in [6, 6.07) is 4.84. The molecule has 84 valence electrons. The van der Waals surface area contributed by atoms with E-state index in [-0.39, 0.29) is 4.90 Å². The molecule has 0 saturated carbocycles. The number of anilines is 1. The smallest absolute Gasteiger partial charge is 0.182 e. The Bertz CT molecular complexity index is 456. The van der Waals surface area contributed by atoms with E-state index in [1.807, 2.05) is 6.92 Å². The molecule has 0 saturated heterocycles. The average Bonchev–Trinajstić information content (AvgIpc) is 2.15. The molecule has 0 amide bonds. The molecule has 0 aliphatic heterocycles. The van der Waals surface area contributed by atoms with Crippen LogP contribution in [0.5, 0.6) is 0 Å². The van der Waals surface area contributed by atoms with Gasteiger partial charge in [0.25, 0.3) is 0 Å². The Labute approximate surface area is 98.7 Å². The molecule has 2 N–H and O–H groups in total. The van der Waals surface area contributed by atoms with Crippen LogP contribution in [0, 0.1) is 0 Å². The highest BCUT2D eigenvalue weighted by Crippen LogP contribution is 2.26. The molecule has 0 aromatic heterocycles. The van der Waals surface area contributed by atoms with Gasteiger partial charge in [-0.15, -0.1) is 0 Å². The first-order valence-corrected chi connectivity index (χ1v) is 7.02. The van der Waals surface area contributed by atoms with Crippen LogP contribution in [0.15, 0.2) is 27.6 Å². The number of benzene rings is 1. The third-order valence-corrected chi connectivity index (χ3v) is 5.25. The van der Waals surface area contributed by atoms with Gasteiger partial charge in [-0.1, -0.05) is 22.9 Å². The third-order valence-electron chi connectivity index (χ3n) is 2.38. The number of nitrogens with two attached hydrogens (primary N) is 1. The molecule has 15 heavy (non-hydrogen) atoms. The number of rotatable bonds is 3. The molecule has 1 atom stereocenters. The van der Waals surface area contributed by atoms with Gasteiger partial charge in [-0.2, -0.15) is 0 Å². The maximum atomic E-state index is 12.0. The van der Waals surface area contributed by atoms with Crippen LogP contribution in [0.1, 0.15) is 20.3 Å². The van der Waals surface area contributed by atoms with E-state index in [2.05, 4.69) is 15.9 Å². The van der Waals surface area contributed by atoms with Gasteiger partial charge < -0.3 is 5.73 Å². The van der Waals surface area contributed by atoms with Crippen molar-refractivity contribution in [3.63, 3.8) is 0 Å². The maximum Gasteiger partial charge on any atom is 0.182 e. The Kier molecular flexibility index (Phi) is 3.78. The minimum absolute atomic E-state index is 0.222. The molecule has 1 unspecified atom stereocenters. The van der Waals surface area contributed by atoms with Crippen molar-refractivity contribution in [3.8, 4) is 0 Å². The maximum absolute atomic E-state index is 12.0. The van der Waals surface area contributed by atoms with Crippen molar-refractivity contribution in [2.75, 3.05) is 5.73 Å². The lowest BCUT2D eigenvalue weighted by Crippen LogP contribution is -2.18. The summed E-state index contributed by atoms with van der Waals surface area (Å²) < 4.78 is 24.8. The second kappa shape index (κ2) is 4.53. The number of hydrogen-bond acceptors (Lipinski definition) is 3. The van der Waals surface area contributed by atoms with Crippen molar-refractivity contribution in [2.24, 2.45) is 0 Å². The molecule has 0 fully saturated rings. The largest absolute Gasteiger partial charge is 0.398 e. The SMILES string of the molecule is CCC(C)S(=O)(=O)c1ccc(Br)cc1N. The molecule has 0 aliphatic carbocycles. The van der Waals surface area contributed by atoms with E-state index < -0.39 is 15.1 Å². The molecule has 1 rings (SSSR count). The highest BCUT2D eigenvalue weighted by molar-refractivity contribution is 9.10. The molecule has 0 aliphatic rings. The predicted octanol–water partition coefficient (Wildman–Crippen LogP) is 2.60. The lowest BCUT2D eigenvalue weighted by molar-refractivity contribution is 0.581. The van der Waals surface area contributed by atoms with Crippen molar-refractivity contribution in [1.82, 2.24) is 0 Å². The van der Waals surface area contributed by atoms with Crippen LogP contribution >= 0.6 is 15.9 Å². The second-order valence-corrected chi connectivity index (χ2v) is 6.70. The Hall–Kier alpha value is -0.550. The first kappa shape index (κ1) is 12.5. The monoisotopic (exact) mass is 291 g/mol. The molecule has 3 nitrogen and oxygen atoms in total. The Morgan fingerprint density at radius 1 is 1.47 bits per heavy atom. The number of nitrogen functional groups attached to an aromatic ring is 1. The molecular formula is C10H14BrNO2S. The van der Waals surface area contributed by atoms with E-state index in [0.29, 0.717) is 12.1 Å². The standard InChI is InChI=1S/C10H14BrNO2S/c1-3-7(2)15(13,14)10-5-4-8(11)6-9(10)12/h4-7H,3,12H2,1-2H3. The fraction of sp³-hybridized carbons (Fsp3) is 0.400. The van der Waals surface area contributed by atoms with Gasteiger partial charge in [0.1, 0.15) is 0 Å². The highest BCUT2D eigenvalue weighted by Gasteiger charge is 2.23. The summed E-state index contributed by atoms with van der Waals surface area (Å²) in [5.74, 6) is 0. The zero-order chi connectivity index (χ0) is 11.6. The van der Waals surface area contributed by atoms with E-state index in [1.54, 1.807) is 25.1 Å². The first-order chi connectivity index (χ1) is 6.89. The Morgan fingerprint density at radius 2 is 2.07 bits per heavy atom. The quantitative estimate of drug-likeness (QED) is 0.871. The van der Waals surface area contributed by atoms with Crippen LogP contribution in [-0.4, -0.2) is 13.7 Å². The molecule has 0 spiro atoms. The van der Waals surface area contributed by atoms with Crippen molar-refractivity contribution in [2.45, 2.75) is 30.4 Å². The Morgan fingerprint density at radius 3 is 2.53 bits per heavy atom. The zero-order valence-corrected chi connectivity index (χ0v) is 11.1. The fourth-order valence-electron chi connectivity index (χ4n) is 1.21. The van der Waals surface area contributed by atoms with E-state index >= 15 is 0 Å². The van der Waals surface area contributed by atoms with E-state index in [0.717, 1.165) is 4.47 Å². The van der Waals surface area contributed by atoms with Crippen LogP contribution in [0.4, 0.5) is 5.69 Å². The van der Waals surface area contributed by atoms with Crippen LogP contribution < -0.4 is 5.73 Å². The lowest BCUT2D eigenvalue weighted by Gasteiger charge is -2.12. The van der Waals surface area contributed by atoms with Crippen LogP contribution in [0.25, 0.3) is 0 Å². The topological polar surface area (TPSA) is 60.2 Å². The van der Waals surface area contributed by atoms with E-state index in [4.69, 9.17) is 5.73 Å². The minimum atomic E-state index is -3.28. The van der Waals surface area contributed by atoms with Gasteiger partial charge >= 0.3 is 0 Å². The molecule has 0 radical (unpaired) electrons. The summed E-state index contributed by atoms with van der Waals surface area (Å²) in [5, 5.41) is -0.402. The van der Waals surface area contributed by atoms with Crippen LogP contribution in [0.2, 0.25) is 0 Å². The normalized spacial score (nSPS) is 13.8. The van der Waals surface area contributed by atoms with Crippen molar-refractivity contribution in [1.29, 1.82) is 0 Å². The van der Waals surface area contributed by atoms with Crippen molar-refractivity contribution in [3.05, 3.63) is 22.7 Å². The number of sulfone groups is 1. The number of hydrogen-bond donors (Lipinski definition) is 1. The lowest BCUT2D eigenvalue weighted by atomic mass is 10.3. The van der Waals surface area contributed by atoms with Crippen molar-refractivity contribution >= 4 is 31.5 Å². The summed E-state index contributed by atoms with van der Waals surface area (Å²) in [6.07, 6.45) is 0.581. The predicted molar refractivity (Wildman–Crippen MR) is 65.5 cm³/mol. The summed E-state index contributed by atoms with van der Waals surface area (Å²) >= 11 is 3.24. The van der Waals surface area contributed by atoms with Gasteiger partial charge in [-0.05, 0) is 31.5 Å². The van der Waals surface area contributed by atoms with Crippen LogP contribution in [0.3, 0.4) is 0 Å². The molecule has 1 aromatic rings. The molecular weight excluding hydrogens is 278 g/mol. The zero-order valence-electron chi connectivity index (χ0n) is 8.70. The van der Waals surface area contributed by atoms with Gasteiger partial charge in [0, 0.05) is 4.47 Å².